The lowest BCUT2D eigenvalue weighted by molar-refractivity contribution is -0.143. The third-order valence-corrected chi connectivity index (χ3v) is 3.52. The molecular formula is C14H28N2O2. The van der Waals surface area contributed by atoms with Gasteiger partial charge in [0.15, 0.2) is 0 Å². The van der Waals surface area contributed by atoms with Gasteiger partial charge in [-0.05, 0) is 58.8 Å². The molecule has 0 radical (unpaired) electrons. The van der Waals surface area contributed by atoms with Crippen molar-refractivity contribution in [3.63, 3.8) is 0 Å². The zero-order chi connectivity index (χ0) is 13.2. The van der Waals surface area contributed by atoms with Crippen molar-refractivity contribution in [3.05, 3.63) is 0 Å². The minimum absolute atomic E-state index is 0.0484. The highest BCUT2D eigenvalue weighted by molar-refractivity contribution is 5.69. The average molecular weight is 256 g/mol. The normalized spacial score (nSPS) is 20.2. The molecule has 1 rings (SSSR count). The highest BCUT2D eigenvalue weighted by Crippen LogP contribution is 2.16. The van der Waals surface area contributed by atoms with Gasteiger partial charge in [-0.25, -0.2) is 0 Å². The van der Waals surface area contributed by atoms with Gasteiger partial charge in [0.05, 0.1) is 6.61 Å². The van der Waals surface area contributed by atoms with Crippen molar-refractivity contribution in [2.45, 2.75) is 39.0 Å². The summed E-state index contributed by atoms with van der Waals surface area (Å²) >= 11 is 0. The standard InChI is InChI=1S/C14H28N2O2/c1-3-18-14(17)7-5-4-6-9-16-10-8-13(12-16)11-15-2/h13,15H,3-12H2,1-2H3. The summed E-state index contributed by atoms with van der Waals surface area (Å²) in [6.07, 6.45) is 5.20. The van der Waals surface area contributed by atoms with Crippen molar-refractivity contribution >= 4 is 5.97 Å². The topological polar surface area (TPSA) is 41.6 Å². The van der Waals surface area contributed by atoms with Crippen LogP contribution < -0.4 is 5.32 Å². The Balaban J connectivity index is 1.94. The number of hydrogen-bond donors (Lipinski definition) is 1. The van der Waals surface area contributed by atoms with E-state index in [2.05, 4.69) is 10.2 Å². The molecule has 0 aromatic rings. The first kappa shape index (κ1) is 15.4. The zero-order valence-electron chi connectivity index (χ0n) is 11.9. The van der Waals surface area contributed by atoms with Gasteiger partial charge in [0.1, 0.15) is 0 Å². The molecule has 4 nitrogen and oxygen atoms in total. The van der Waals surface area contributed by atoms with Gasteiger partial charge in [0.2, 0.25) is 0 Å². The first-order chi connectivity index (χ1) is 8.76. The number of unbranched alkanes of at least 4 members (excludes halogenated alkanes) is 2. The Morgan fingerprint density at radius 1 is 1.39 bits per heavy atom. The highest BCUT2D eigenvalue weighted by Gasteiger charge is 2.20. The molecule has 4 heteroatoms. The van der Waals surface area contributed by atoms with Crippen LogP contribution in [-0.2, 0) is 9.53 Å². The van der Waals surface area contributed by atoms with Crippen LogP contribution in [0.5, 0.6) is 0 Å². The Kier molecular flexibility index (Phi) is 8.01. The van der Waals surface area contributed by atoms with Crippen molar-refractivity contribution in [1.29, 1.82) is 0 Å². The minimum Gasteiger partial charge on any atom is -0.466 e. The van der Waals surface area contributed by atoms with E-state index in [-0.39, 0.29) is 5.97 Å². The van der Waals surface area contributed by atoms with E-state index in [0.717, 1.165) is 25.3 Å². The maximum absolute atomic E-state index is 11.1. The maximum atomic E-state index is 11.1. The van der Waals surface area contributed by atoms with E-state index in [4.69, 9.17) is 4.74 Å². The molecule has 0 spiro atoms. The number of carbonyl (C=O) groups excluding carboxylic acids is 1. The number of nitrogens with one attached hydrogen (secondary N) is 1. The van der Waals surface area contributed by atoms with Crippen molar-refractivity contribution in [2.24, 2.45) is 5.92 Å². The molecular weight excluding hydrogens is 228 g/mol. The Morgan fingerprint density at radius 3 is 2.94 bits per heavy atom. The fourth-order valence-electron chi connectivity index (χ4n) is 2.59. The van der Waals surface area contributed by atoms with Crippen molar-refractivity contribution < 1.29 is 9.53 Å². The van der Waals surface area contributed by atoms with E-state index >= 15 is 0 Å². The van der Waals surface area contributed by atoms with Gasteiger partial charge in [-0.1, -0.05) is 6.42 Å². The predicted molar refractivity (Wildman–Crippen MR) is 73.6 cm³/mol. The molecule has 18 heavy (non-hydrogen) atoms. The fraction of sp³-hybridized carbons (Fsp3) is 0.929. The second-order valence-corrected chi connectivity index (χ2v) is 5.13. The maximum Gasteiger partial charge on any atom is 0.305 e. The lowest BCUT2D eigenvalue weighted by Gasteiger charge is -2.15. The van der Waals surface area contributed by atoms with Gasteiger partial charge in [0.25, 0.3) is 0 Å². The summed E-state index contributed by atoms with van der Waals surface area (Å²) in [6.45, 7) is 7.15. The van der Waals surface area contributed by atoms with Crippen LogP contribution in [-0.4, -0.2) is 50.7 Å². The van der Waals surface area contributed by atoms with Gasteiger partial charge >= 0.3 is 5.97 Å². The summed E-state index contributed by atoms with van der Waals surface area (Å²) in [5.41, 5.74) is 0. The molecule has 0 aromatic carbocycles. The lowest BCUT2D eigenvalue weighted by Crippen LogP contribution is -2.25. The number of esters is 1. The second-order valence-electron chi connectivity index (χ2n) is 5.13. The van der Waals surface area contributed by atoms with Gasteiger partial charge in [-0.15, -0.1) is 0 Å². The molecule has 1 fully saturated rings. The molecule has 106 valence electrons. The smallest absolute Gasteiger partial charge is 0.305 e. The zero-order valence-corrected chi connectivity index (χ0v) is 11.9. The summed E-state index contributed by atoms with van der Waals surface area (Å²) < 4.78 is 4.91. The lowest BCUT2D eigenvalue weighted by atomic mass is 10.1. The molecule has 1 aliphatic heterocycles. The number of carbonyl (C=O) groups is 1. The molecule has 1 N–H and O–H groups in total. The van der Waals surface area contributed by atoms with Crippen LogP contribution in [0.25, 0.3) is 0 Å². The Hall–Kier alpha value is -0.610. The van der Waals surface area contributed by atoms with Crippen molar-refractivity contribution in [1.82, 2.24) is 10.2 Å². The number of rotatable bonds is 9. The Morgan fingerprint density at radius 2 is 2.22 bits per heavy atom. The van der Waals surface area contributed by atoms with Crippen LogP contribution in [0.15, 0.2) is 0 Å². The molecule has 1 unspecified atom stereocenters. The van der Waals surface area contributed by atoms with Gasteiger partial charge in [0, 0.05) is 13.0 Å². The van der Waals surface area contributed by atoms with Crippen LogP contribution >= 0.6 is 0 Å². The fourth-order valence-corrected chi connectivity index (χ4v) is 2.59. The first-order valence-corrected chi connectivity index (χ1v) is 7.28. The predicted octanol–water partition coefficient (Wildman–Crippen LogP) is 1.65. The minimum atomic E-state index is -0.0484. The third-order valence-electron chi connectivity index (χ3n) is 3.52. The average Bonchev–Trinajstić information content (AvgIpc) is 2.77. The molecule has 1 heterocycles. The Labute approximate surface area is 111 Å². The number of ether oxygens (including phenoxy) is 1. The highest BCUT2D eigenvalue weighted by atomic mass is 16.5. The Bertz CT molecular complexity index is 234. The van der Waals surface area contributed by atoms with Crippen LogP contribution in [0.3, 0.4) is 0 Å². The molecule has 1 aliphatic rings. The van der Waals surface area contributed by atoms with Crippen LogP contribution in [0, 0.1) is 5.92 Å². The quantitative estimate of drug-likeness (QED) is 0.503. The van der Waals surface area contributed by atoms with E-state index in [1.807, 2.05) is 14.0 Å². The van der Waals surface area contributed by atoms with Crippen LogP contribution in [0.1, 0.15) is 39.0 Å². The van der Waals surface area contributed by atoms with Crippen molar-refractivity contribution in [3.8, 4) is 0 Å². The van der Waals surface area contributed by atoms with Gasteiger partial charge in [-0.2, -0.15) is 0 Å². The molecule has 0 saturated carbocycles. The summed E-state index contributed by atoms with van der Waals surface area (Å²) in [7, 11) is 2.03. The summed E-state index contributed by atoms with van der Waals surface area (Å²) in [4.78, 5) is 13.7. The number of likely N-dealkylation sites (tertiary alicyclic amines) is 1. The second kappa shape index (κ2) is 9.34. The molecule has 0 amide bonds. The SMILES string of the molecule is CCOC(=O)CCCCCN1CCC(CNC)C1. The van der Waals surface area contributed by atoms with Crippen molar-refractivity contribution in [2.75, 3.05) is 39.8 Å². The van der Waals surface area contributed by atoms with Gasteiger partial charge < -0.3 is 15.0 Å². The van der Waals surface area contributed by atoms with E-state index in [0.29, 0.717) is 13.0 Å². The van der Waals surface area contributed by atoms with Crippen LogP contribution in [0.2, 0.25) is 0 Å². The number of nitrogens with zero attached hydrogens (tertiary/aromatic N) is 1. The molecule has 0 bridgehead atoms. The molecule has 0 aliphatic carbocycles. The summed E-state index contributed by atoms with van der Waals surface area (Å²) in [6, 6.07) is 0. The van der Waals surface area contributed by atoms with Gasteiger partial charge in [-0.3, -0.25) is 4.79 Å². The van der Waals surface area contributed by atoms with E-state index in [9.17, 15) is 4.79 Å². The van der Waals surface area contributed by atoms with E-state index < -0.39 is 0 Å². The van der Waals surface area contributed by atoms with Crippen LogP contribution in [0.4, 0.5) is 0 Å². The number of hydrogen-bond acceptors (Lipinski definition) is 4. The first-order valence-electron chi connectivity index (χ1n) is 7.28. The molecule has 1 atom stereocenters. The van der Waals surface area contributed by atoms with E-state index in [1.54, 1.807) is 0 Å². The van der Waals surface area contributed by atoms with E-state index in [1.165, 1.54) is 32.5 Å². The third kappa shape index (κ3) is 6.36. The summed E-state index contributed by atoms with van der Waals surface area (Å²) in [5, 5.41) is 3.25. The molecule has 0 aromatic heterocycles. The molecule has 1 saturated heterocycles. The monoisotopic (exact) mass is 256 g/mol. The largest absolute Gasteiger partial charge is 0.466 e. The summed E-state index contributed by atoms with van der Waals surface area (Å²) in [5.74, 6) is 0.780.